The molecule has 0 aliphatic heterocycles. The minimum Gasteiger partial charge on any atom is -0.394 e. The van der Waals surface area contributed by atoms with Gasteiger partial charge in [-0.05, 0) is 24.3 Å². The van der Waals surface area contributed by atoms with Crippen LogP contribution >= 0.6 is 0 Å². The fourth-order valence-electron chi connectivity index (χ4n) is 1.98. The lowest BCUT2D eigenvalue weighted by Crippen LogP contribution is -2.48. The highest BCUT2D eigenvalue weighted by Crippen LogP contribution is 2.05. The lowest BCUT2D eigenvalue weighted by molar-refractivity contribution is -0.123. The van der Waals surface area contributed by atoms with Crippen LogP contribution < -0.4 is 11.1 Å². The highest BCUT2D eigenvalue weighted by Gasteiger charge is 2.18. The first-order valence-electron chi connectivity index (χ1n) is 6.73. The van der Waals surface area contributed by atoms with Gasteiger partial charge in [-0.2, -0.15) is 0 Å². The van der Waals surface area contributed by atoms with Crippen LogP contribution in [-0.2, 0) is 11.2 Å². The molecule has 0 fully saturated rings. The summed E-state index contributed by atoms with van der Waals surface area (Å²) in [6.07, 6.45) is 1.26. The van der Waals surface area contributed by atoms with Crippen LogP contribution in [0.15, 0.2) is 30.3 Å². The van der Waals surface area contributed by atoms with Crippen LogP contribution in [0.1, 0.15) is 25.8 Å². The molecule has 1 rings (SSSR count). The Morgan fingerprint density at radius 1 is 1.32 bits per heavy atom. The van der Waals surface area contributed by atoms with Crippen LogP contribution in [0, 0.1) is 5.92 Å². The van der Waals surface area contributed by atoms with Gasteiger partial charge in [-0.25, -0.2) is 0 Å². The number of rotatable bonds is 7. The standard InChI is InChI=1S/C15H24N2O2/c1-11(2)8-14(16)15(19)17-13(10-18)9-12-6-4-3-5-7-12/h3-7,11,13-14,18H,8-10,16H2,1-2H3,(H,17,19)/t13-,14+/m1/s1. The second kappa shape index (κ2) is 7.92. The van der Waals surface area contributed by atoms with Gasteiger partial charge in [0.25, 0.3) is 0 Å². The summed E-state index contributed by atoms with van der Waals surface area (Å²) in [4.78, 5) is 11.9. The molecule has 0 unspecified atom stereocenters. The average Bonchev–Trinajstić information content (AvgIpc) is 2.38. The number of aliphatic hydroxyl groups excluding tert-OH is 1. The first kappa shape index (κ1) is 15.7. The first-order valence-corrected chi connectivity index (χ1v) is 6.73. The van der Waals surface area contributed by atoms with Crippen molar-refractivity contribution in [2.24, 2.45) is 11.7 Å². The summed E-state index contributed by atoms with van der Waals surface area (Å²) in [6, 6.07) is 8.98. The zero-order valence-corrected chi connectivity index (χ0v) is 11.7. The lowest BCUT2D eigenvalue weighted by Gasteiger charge is -2.20. The molecule has 0 bridgehead atoms. The van der Waals surface area contributed by atoms with Crippen LogP contribution in [0.3, 0.4) is 0 Å². The number of carbonyl (C=O) groups is 1. The molecule has 0 aliphatic carbocycles. The molecule has 0 aromatic heterocycles. The van der Waals surface area contributed by atoms with Gasteiger partial charge >= 0.3 is 0 Å². The number of nitrogens with two attached hydrogens (primary N) is 1. The molecule has 0 radical (unpaired) electrons. The van der Waals surface area contributed by atoms with Gasteiger partial charge < -0.3 is 16.2 Å². The summed E-state index contributed by atoms with van der Waals surface area (Å²) in [5.41, 5.74) is 6.90. The summed E-state index contributed by atoms with van der Waals surface area (Å²) in [6.45, 7) is 3.97. The van der Waals surface area contributed by atoms with E-state index in [1.54, 1.807) is 0 Å². The minimum atomic E-state index is -0.509. The molecule has 0 spiro atoms. The number of hydrogen-bond acceptors (Lipinski definition) is 3. The molecule has 0 heterocycles. The van der Waals surface area contributed by atoms with Crippen molar-refractivity contribution in [3.8, 4) is 0 Å². The van der Waals surface area contributed by atoms with E-state index in [0.717, 1.165) is 5.56 Å². The third-order valence-electron chi connectivity index (χ3n) is 2.95. The van der Waals surface area contributed by atoms with Crippen molar-refractivity contribution in [2.75, 3.05) is 6.61 Å². The third-order valence-corrected chi connectivity index (χ3v) is 2.95. The zero-order chi connectivity index (χ0) is 14.3. The number of carbonyl (C=O) groups excluding carboxylic acids is 1. The van der Waals surface area contributed by atoms with E-state index in [1.807, 2.05) is 44.2 Å². The van der Waals surface area contributed by atoms with Gasteiger partial charge in [0.05, 0.1) is 18.7 Å². The van der Waals surface area contributed by atoms with E-state index < -0.39 is 6.04 Å². The summed E-state index contributed by atoms with van der Waals surface area (Å²) < 4.78 is 0. The van der Waals surface area contributed by atoms with Gasteiger partial charge in [-0.1, -0.05) is 44.2 Å². The molecule has 1 aromatic rings. The lowest BCUT2D eigenvalue weighted by atomic mass is 10.0. The van der Waals surface area contributed by atoms with Gasteiger partial charge in [-0.3, -0.25) is 4.79 Å². The monoisotopic (exact) mass is 264 g/mol. The maximum Gasteiger partial charge on any atom is 0.237 e. The molecule has 4 nitrogen and oxygen atoms in total. The Kier molecular flexibility index (Phi) is 6.53. The predicted molar refractivity (Wildman–Crippen MR) is 76.6 cm³/mol. The van der Waals surface area contributed by atoms with E-state index >= 15 is 0 Å². The second-order valence-electron chi connectivity index (χ2n) is 5.31. The van der Waals surface area contributed by atoms with Crippen molar-refractivity contribution in [1.29, 1.82) is 0 Å². The zero-order valence-electron chi connectivity index (χ0n) is 11.7. The van der Waals surface area contributed by atoms with Crippen molar-refractivity contribution in [1.82, 2.24) is 5.32 Å². The van der Waals surface area contributed by atoms with Crippen molar-refractivity contribution >= 4 is 5.91 Å². The van der Waals surface area contributed by atoms with Gasteiger partial charge in [0.1, 0.15) is 0 Å². The van der Waals surface area contributed by atoms with E-state index in [2.05, 4.69) is 5.32 Å². The van der Waals surface area contributed by atoms with E-state index in [1.165, 1.54) is 0 Å². The SMILES string of the molecule is CC(C)C[C@H](N)C(=O)N[C@@H](CO)Cc1ccccc1. The molecule has 0 saturated carbocycles. The largest absolute Gasteiger partial charge is 0.394 e. The number of benzene rings is 1. The molecule has 1 amide bonds. The van der Waals surface area contributed by atoms with E-state index in [9.17, 15) is 9.90 Å². The number of aliphatic hydroxyl groups is 1. The van der Waals surface area contributed by atoms with Crippen LogP contribution in [0.4, 0.5) is 0 Å². The van der Waals surface area contributed by atoms with Crippen LogP contribution in [0.5, 0.6) is 0 Å². The van der Waals surface area contributed by atoms with Crippen molar-refractivity contribution < 1.29 is 9.90 Å². The van der Waals surface area contributed by atoms with Gasteiger partial charge in [0.15, 0.2) is 0 Å². The average molecular weight is 264 g/mol. The topological polar surface area (TPSA) is 75.4 Å². The maximum absolute atomic E-state index is 11.9. The molecule has 1 aromatic carbocycles. The Labute approximate surface area is 115 Å². The Balaban J connectivity index is 2.50. The first-order chi connectivity index (χ1) is 9.02. The molecule has 0 aliphatic rings. The third kappa shape index (κ3) is 5.85. The number of nitrogens with one attached hydrogen (secondary N) is 1. The summed E-state index contributed by atoms with van der Waals surface area (Å²) >= 11 is 0. The fraction of sp³-hybridized carbons (Fsp3) is 0.533. The molecular weight excluding hydrogens is 240 g/mol. The van der Waals surface area contributed by atoms with Crippen molar-refractivity contribution in [2.45, 2.75) is 38.8 Å². The van der Waals surface area contributed by atoms with Gasteiger partial charge in [0.2, 0.25) is 5.91 Å². The summed E-state index contributed by atoms with van der Waals surface area (Å²) in [7, 11) is 0. The van der Waals surface area contributed by atoms with Crippen LogP contribution in [0.25, 0.3) is 0 Å². The van der Waals surface area contributed by atoms with Crippen molar-refractivity contribution in [3.63, 3.8) is 0 Å². The van der Waals surface area contributed by atoms with Gasteiger partial charge in [0, 0.05) is 0 Å². The Morgan fingerprint density at radius 3 is 2.47 bits per heavy atom. The summed E-state index contributed by atoms with van der Waals surface area (Å²) in [5, 5.41) is 12.2. The minimum absolute atomic E-state index is 0.0883. The quantitative estimate of drug-likeness (QED) is 0.690. The summed E-state index contributed by atoms with van der Waals surface area (Å²) in [5.74, 6) is 0.186. The van der Waals surface area contributed by atoms with Gasteiger partial charge in [-0.15, -0.1) is 0 Å². The number of amides is 1. The predicted octanol–water partition coefficient (Wildman–Crippen LogP) is 1.08. The van der Waals surface area contributed by atoms with Crippen molar-refractivity contribution in [3.05, 3.63) is 35.9 Å². The van der Waals surface area contributed by atoms with E-state index in [-0.39, 0.29) is 18.6 Å². The van der Waals surface area contributed by atoms with Crippen LogP contribution in [-0.4, -0.2) is 29.7 Å². The fourth-order valence-corrected chi connectivity index (χ4v) is 1.98. The Bertz CT molecular complexity index is 379. The number of hydrogen-bond donors (Lipinski definition) is 3. The maximum atomic E-state index is 11.9. The van der Waals surface area contributed by atoms with E-state index in [4.69, 9.17) is 5.73 Å². The second-order valence-corrected chi connectivity index (χ2v) is 5.31. The highest BCUT2D eigenvalue weighted by molar-refractivity contribution is 5.81. The Morgan fingerprint density at radius 2 is 1.95 bits per heavy atom. The van der Waals surface area contributed by atoms with E-state index in [0.29, 0.717) is 18.8 Å². The molecule has 4 heteroatoms. The Hall–Kier alpha value is -1.39. The molecule has 19 heavy (non-hydrogen) atoms. The smallest absolute Gasteiger partial charge is 0.237 e. The van der Waals surface area contributed by atoms with Crippen LogP contribution in [0.2, 0.25) is 0 Å². The molecule has 106 valence electrons. The highest BCUT2D eigenvalue weighted by atomic mass is 16.3. The molecule has 4 N–H and O–H groups in total. The molecule has 0 saturated heterocycles. The normalized spacial score (nSPS) is 14.2. The molecule has 2 atom stereocenters. The molecular formula is C15H24N2O2.